The maximum atomic E-state index is 13.3. The Morgan fingerprint density at radius 2 is 0.769 bits per heavy atom. The van der Waals surface area contributed by atoms with E-state index < -0.39 is 86.8 Å². The number of aliphatic hydroxyl groups excluding tert-OH is 8. The SMILES string of the molecule is CC/C=C\C/C=C\C/C=C\C/C=C\C/C=C\C/C=C\C/C=C\C/C=C\C/C=C\CCCCCCCCCCCCCC(=O)NC(COC1OC(CO)C(OC2OC(CO)C(O)C(O)C2O)C(O)C1O)C(O)/C=C/CC/C=C/CCCCCCCCCCCCCC. The smallest absolute Gasteiger partial charge is 0.220 e. The van der Waals surface area contributed by atoms with Crippen LogP contribution in [-0.2, 0) is 23.7 Å². The predicted octanol–water partition coefficient (Wildman–Crippen LogP) is 15.1. The summed E-state index contributed by atoms with van der Waals surface area (Å²) in [7, 11) is 0. The number of aliphatic hydroxyl groups is 8. The summed E-state index contributed by atoms with van der Waals surface area (Å²) in [5.41, 5.74) is 0. The number of carbonyl (C=O) groups excluding carboxylic acids is 1. The molecule has 9 N–H and O–H groups in total. The van der Waals surface area contributed by atoms with Crippen molar-refractivity contribution in [1.82, 2.24) is 5.32 Å². The molecule has 12 atom stereocenters. The summed E-state index contributed by atoms with van der Waals surface area (Å²) >= 11 is 0. The molecule has 14 nitrogen and oxygen atoms in total. The molecule has 520 valence electrons. The number of hydrogen-bond donors (Lipinski definition) is 9. The Kier molecular flexibility index (Phi) is 54.7. The second-order valence-corrected chi connectivity index (χ2v) is 24.6. The van der Waals surface area contributed by atoms with E-state index in [2.05, 4.69) is 141 Å². The average Bonchev–Trinajstić information content (AvgIpc) is 1.19. The van der Waals surface area contributed by atoms with Gasteiger partial charge in [0.25, 0.3) is 0 Å². The monoisotopic (exact) mass is 1280 g/mol. The maximum absolute atomic E-state index is 13.3. The van der Waals surface area contributed by atoms with Crippen molar-refractivity contribution in [1.29, 1.82) is 0 Å². The molecule has 0 spiro atoms. The van der Waals surface area contributed by atoms with Gasteiger partial charge in [0.2, 0.25) is 5.91 Å². The van der Waals surface area contributed by atoms with Crippen LogP contribution in [0.3, 0.4) is 0 Å². The Balaban J connectivity index is 1.64. The van der Waals surface area contributed by atoms with Crippen LogP contribution in [-0.4, -0.2) is 140 Å². The predicted molar refractivity (Wildman–Crippen MR) is 373 cm³/mol. The molecule has 0 aromatic rings. The first-order chi connectivity index (χ1) is 44.6. The molecule has 0 aliphatic carbocycles. The average molecular weight is 1280 g/mol. The van der Waals surface area contributed by atoms with Gasteiger partial charge < -0.3 is 65.1 Å². The van der Waals surface area contributed by atoms with E-state index in [4.69, 9.17) is 18.9 Å². The van der Waals surface area contributed by atoms with Crippen molar-refractivity contribution < 1.29 is 64.6 Å². The van der Waals surface area contributed by atoms with Crippen molar-refractivity contribution in [2.45, 2.75) is 325 Å². The van der Waals surface area contributed by atoms with E-state index in [1.54, 1.807) is 6.08 Å². The number of hydrogen-bond acceptors (Lipinski definition) is 13. The van der Waals surface area contributed by atoms with Gasteiger partial charge in [0.1, 0.15) is 48.8 Å². The molecule has 12 unspecified atom stereocenters. The number of carbonyl (C=O) groups is 1. The molecule has 0 bridgehead atoms. The molecule has 2 heterocycles. The van der Waals surface area contributed by atoms with Gasteiger partial charge in [-0.25, -0.2) is 0 Å². The summed E-state index contributed by atoms with van der Waals surface area (Å²) in [4.78, 5) is 13.3. The van der Waals surface area contributed by atoms with Crippen molar-refractivity contribution in [3.05, 3.63) is 134 Å². The fourth-order valence-electron chi connectivity index (χ4n) is 10.9. The molecule has 14 heteroatoms. The molecular weight excluding hydrogens is 1150 g/mol. The van der Waals surface area contributed by atoms with Gasteiger partial charge in [0.05, 0.1) is 32.0 Å². The molecule has 2 fully saturated rings. The van der Waals surface area contributed by atoms with Crippen LogP contribution in [0, 0.1) is 0 Å². The number of allylic oxidation sites excluding steroid dienone is 21. The van der Waals surface area contributed by atoms with Gasteiger partial charge in [0, 0.05) is 6.42 Å². The number of ether oxygens (including phenoxy) is 4. The number of rotatable bonds is 57. The summed E-state index contributed by atoms with van der Waals surface area (Å²) in [6.07, 6.45) is 72.2. The molecule has 2 aliphatic heterocycles. The van der Waals surface area contributed by atoms with E-state index in [9.17, 15) is 45.6 Å². The Morgan fingerprint density at radius 1 is 0.407 bits per heavy atom. The van der Waals surface area contributed by atoms with E-state index in [0.717, 1.165) is 96.3 Å². The Hall–Kier alpha value is -3.87. The molecule has 0 aromatic heterocycles. The van der Waals surface area contributed by atoms with Crippen molar-refractivity contribution in [2.75, 3.05) is 19.8 Å². The lowest BCUT2D eigenvalue weighted by Gasteiger charge is -2.46. The van der Waals surface area contributed by atoms with Crippen molar-refractivity contribution in [3.8, 4) is 0 Å². The summed E-state index contributed by atoms with van der Waals surface area (Å²) in [5, 5.41) is 87.4. The minimum absolute atomic E-state index is 0.257. The summed E-state index contributed by atoms with van der Waals surface area (Å²) < 4.78 is 22.8. The molecule has 2 rings (SSSR count). The summed E-state index contributed by atoms with van der Waals surface area (Å²) in [6, 6.07) is -0.942. The third-order valence-electron chi connectivity index (χ3n) is 16.6. The van der Waals surface area contributed by atoms with E-state index in [0.29, 0.717) is 12.8 Å². The Morgan fingerprint density at radius 3 is 1.21 bits per heavy atom. The molecule has 0 radical (unpaired) electrons. The Bertz CT molecular complexity index is 2040. The van der Waals surface area contributed by atoms with Crippen molar-refractivity contribution in [3.63, 3.8) is 0 Å². The van der Waals surface area contributed by atoms with Crippen LogP contribution in [0.1, 0.15) is 251 Å². The first-order valence-corrected chi connectivity index (χ1v) is 35.9. The molecule has 1 amide bonds. The van der Waals surface area contributed by atoms with E-state index in [1.807, 2.05) is 6.08 Å². The van der Waals surface area contributed by atoms with E-state index in [-0.39, 0.29) is 18.9 Å². The van der Waals surface area contributed by atoms with Gasteiger partial charge in [0.15, 0.2) is 12.6 Å². The zero-order valence-corrected chi connectivity index (χ0v) is 56.5. The van der Waals surface area contributed by atoms with Crippen molar-refractivity contribution in [2.24, 2.45) is 0 Å². The minimum atomic E-state index is -1.80. The lowest BCUT2D eigenvalue weighted by atomic mass is 9.97. The molecule has 0 saturated carbocycles. The lowest BCUT2D eigenvalue weighted by molar-refractivity contribution is -0.359. The first kappa shape index (κ1) is 83.2. The van der Waals surface area contributed by atoms with Crippen LogP contribution in [0.2, 0.25) is 0 Å². The largest absolute Gasteiger partial charge is 0.394 e. The zero-order valence-electron chi connectivity index (χ0n) is 56.5. The van der Waals surface area contributed by atoms with Gasteiger partial charge in [-0.05, 0) is 103 Å². The first-order valence-electron chi connectivity index (χ1n) is 35.9. The molecular formula is C77H129NO13. The number of unbranched alkanes of at least 4 members (excludes halogenated alkanes) is 24. The van der Waals surface area contributed by atoms with Gasteiger partial charge in [-0.3, -0.25) is 4.79 Å². The lowest BCUT2D eigenvalue weighted by Crippen LogP contribution is -2.65. The van der Waals surface area contributed by atoms with Crippen LogP contribution >= 0.6 is 0 Å². The highest BCUT2D eigenvalue weighted by atomic mass is 16.7. The summed E-state index contributed by atoms with van der Waals surface area (Å²) in [5.74, 6) is -0.257. The van der Waals surface area contributed by atoms with E-state index >= 15 is 0 Å². The molecule has 91 heavy (non-hydrogen) atoms. The third kappa shape index (κ3) is 43.7. The highest BCUT2D eigenvalue weighted by molar-refractivity contribution is 5.76. The topological polar surface area (TPSA) is 228 Å². The molecule has 2 saturated heterocycles. The highest BCUT2D eigenvalue weighted by Crippen LogP contribution is 2.30. The van der Waals surface area contributed by atoms with Gasteiger partial charge in [-0.15, -0.1) is 0 Å². The fourth-order valence-corrected chi connectivity index (χ4v) is 10.9. The number of nitrogens with one attached hydrogen (secondary N) is 1. The van der Waals surface area contributed by atoms with Gasteiger partial charge in [-0.2, -0.15) is 0 Å². The second-order valence-electron chi connectivity index (χ2n) is 24.6. The van der Waals surface area contributed by atoms with Crippen LogP contribution in [0.4, 0.5) is 0 Å². The quantitative estimate of drug-likeness (QED) is 0.0204. The standard InChI is InChI=1S/C77H129NO13/c1-3-5-7-9-11-13-15-17-19-21-23-24-25-26-27-28-29-30-31-32-33-34-35-36-37-38-39-40-41-42-43-45-47-49-51-53-55-57-59-61-69(82)78-65(66(81)60-58-56-54-52-50-48-46-44-22-20-18-16-14-12-10-8-6-4-2)64-88-76-74(87)72(85)75(68(63-80)90-76)91-77-73(86)71(84)70(83)67(62-79)89-77/h5,7,11,13,17,19,23-24,26-27,29-30,32-33,35-36,38-39,50,52,58,60,65-68,70-77,79-81,83-87H,3-4,6,8-10,12,14-16,18,20-22,25,28,31,34,37,40-49,51,53-57,59,61-64H2,1-2H3,(H,78,82)/b7-5-,13-11-,19-17-,24-23-,27-26-,30-29-,33-32-,36-35-,39-38-,52-50+,60-58+. The van der Waals surface area contributed by atoms with Crippen LogP contribution in [0.25, 0.3) is 0 Å². The highest BCUT2D eigenvalue weighted by Gasteiger charge is 2.51. The fraction of sp³-hybridized carbons (Fsp3) is 0.701. The summed E-state index contributed by atoms with van der Waals surface area (Å²) in [6.45, 7) is 2.67. The van der Waals surface area contributed by atoms with Crippen LogP contribution < -0.4 is 5.32 Å². The zero-order chi connectivity index (χ0) is 65.9. The molecule has 2 aliphatic rings. The van der Waals surface area contributed by atoms with Gasteiger partial charge in [-0.1, -0.05) is 276 Å². The van der Waals surface area contributed by atoms with Crippen LogP contribution in [0.15, 0.2) is 134 Å². The molecule has 0 aromatic carbocycles. The third-order valence-corrected chi connectivity index (χ3v) is 16.6. The van der Waals surface area contributed by atoms with E-state index in [1.165, 1.54) is 122 Å². The second kappa shape index (κ2) is 59.8. The van der Waals surface area contributed by atoms with Crippen LogP contribution in [0.5, 0.6) is 0 Å². The normalized spacial score (nSPS) is 23.6. The Labute approximate surface area is 551 Å². The number of amides is 1. The van der Waals surface area contributed by atoms with Gasteiger partial charge >= 0.3 is 0 Å². The van der Waals surface area contributed by atoms with Crippen molar-refractivity contribution >= 4 is 5.91 Å². The maximum Gasteiger partial charge on any atom is 0.220 e. The minimum Gasteiger partial charge on any atom is -0.394 e.